The second-order valence-corrected chi connectivity index (χ2v) is 7.44. The normalized spacial score (nSPS) is 12.3. The van der Waals surface area contributed by atoms with E-state index in [1.807, 2.05) is 0 Å². The quantitative estimate of drug-likeness (QED) is 0.538. The van der Waals surface area contributed by atoms with Crippen molar-refractivity contribution >= 4 is 17.4 Å². The summed E-state index contributed by atoms with van der Waals surface area (Å²) in [7, 11) is 3.42. The Morgan fingerprint density at radius 3 is 2.12 bits per heavy atom. The number of nitrogens with zero attached hydrogens (tertiary/aromatic N) is 1. The lowest BCUT2D eigenvalue weighted by atomic mass is 9.91. The van der Waals surface area contributed by atoms with E-state index in [1.54, 1.807) is 49.3 Å². The molecule has 0 radical (unpaired) electrons. The summed E-state index contributed by atoms with van der Waals surface area (Å²) < 4.78 is 38.7. The molecular weight excluding hydrogens is 421 g/mol. The van der Waals surface area contributed by atoms with E-state index in [0.717, 1.165) is 12.1 Å². The molecule has 0 aliphatic heterocycles. The van der Waals surface area contributed by atoms with Gasteiger partial charge in [-0.3, -0.25) is 9.59 Å². The van der Waals surface area contributed by atoms with Gasteiger partial charge >= 0.3 is 12.1 Å². The minimum atomic E-state index is -4.45. The maximum atomic E-state index is 13.5. The number of benzene rings is 3. The molecule has 0 spiro atoms. The van der Waals surface area contributed by atoms with E-state index in [0.29, 0.717) is 33.5 Å². The topological polar surface area (TPSA) is 83.6 Å². The number of ketones is 1. The number of halogens is 3. The SMILES string of the molecule is CN(C)c1cc(C(N)C(=O)O)ccc1C(=O)c1ccccc1-c1ccc(C(F)(F)F)cc1. The molecule has 166 valence electrons. The molecular formula is C24H21F3N2O3. The zero-order valence-electron chi connectivity index (χ0n) is 17.4. The monoisotopic (exact) mass is 442 g/mol. The molecule has 0 bridgehead atoms. The summed E-state index contributed by atoms with van der Waals surface area (Å²) in [5.74, 6) is -1.54. The standard InChI is InChI=1S/C24H21F3N2O3/c1-29(2)20-13-15(21(28)23(31)32)9-12-19(20)22(30)18-6-4-3-5-17(18)14-7-10-16(11-8-14)24(25,26)27/h3-13,21H,28H2,1-2H3,(H,31,32). The molecule has 32 heavy (non-hydrogen) atoms. The fourth-order valence-corrected chi connectivity index (χ4v) is 3.36. The van der Waals surface area contributed by atoms with Crippen LogP contribution in [0.1, 0.15) is 33.1 Å². The first-order chi connectivity index (χ1) is 15.0. The van der Waals surface area contributed by atoms with Gasteiger partial charge in [-0.1, -0.05) is 42.5 Å². The lowest BCUT2D eigenvalue weighted by Crippen LogP contribution is -2.22. The zero-order chi connectivity index (χ0) is 23.6. The van der Waals surface area contributed by atoms with Gasteiger partial charge in [0.25, 0.3) is 0 Å². The predicted octanol–water partition coefficient (Wildman–Crippen LogP) is 4.75. The maximum Gasteiger partial charge on any atom is 0.416 e. The van der Waals surface area contributed by atoms with Crippen LogP contribution in [-0.4, -0.2) is 31.0 Å². The third-order valence-corrected chi connectivity index (χ3v) is 5.07. The van der Waals surface area contributed by atoms with Crippen LogP contribution < -0.4 is 10.6 Å². The van der Waals surface area contributed by atoms with Crippen LogP contribution in [0.25, 0.3) is 11.1 Å². The Kier molecular flexibility index (Phi) is 6.36. The average molecular weight is 442 g/mol. The molecule has 0 aliphatic carbocycles. The van der Waals surface area contributed by atoms with Crippen molar-refractivity contribution in [1.82, 2.24) is 0 Å². The molecule has 1 atom stereocenters. The molecule has 3 aromatic carbocycles. The lowest BCUT2D eigenvalue weighted by molar-refractivity contribution is -0.139. The third-order valence-electron chi connectivity index (χ3n) is 5.07. The van der Waals surface area contributed by atoms with Crippen LogP contribution >= 0.6 is 0 Å². The van der Waals surface area contributed by atoms with Crippen molar-refractivity contribution in [3.63, 3.8) is 0 Å². The van der Waals surface area contributed by atoms with E-state index in [2.05, 4.69) is 0 Å². The van der Waals surface area contributed by atoms with Gasteiger partial charge in [-0.05, 0) is 41.0 Å². The molecule has 5 nitrogen and oxygen atoms in total. The molecule has 0 heterocycles. The van der Waals surface area contributed by atoms with Crippen molar-refractivity contribution in [2.75, 3.05) is 19.0 Å². The van der Waals surface area contributed by atoms with Crippen LogP contribution in [0.2, 0.25) is 0 Å². The highest BCUT2D eigenvalue weighted by atomic mass is 19.4. The van der Waals surface area contributed by atoms with E-state index in [1.165, 1.54) is 24.3 Å². The van der Waals surface area contributed by atoms with Gasteiger partial charge in [0.2, 0.25) is 0 Å². The molecule has 0 aliphatic rings. The number of hydrogen-bond donors (Lipinski definition) is 2. The first kappa shape index (κ1) is 23.0. The number of carboxylic acids is 1. The average Bonchev–Trinajstić information content (AvgIpc) is 2.77. The summed E-state index contributed by atoms with van der Waals surface area (Å²) >= 11 is 0. The fraction of sp³-hybridized carbons (Fsp3) is 0.167. The molecule has 0 amide bonds. The highest BCUT2D eigenvalue weighted by Gasteiger charge is 2.30. The van der Waals surface area contributed by atoms with Crippen LogP contribution in [0.15, 0.2) is 66.7 Å². The molecule has 3 N–H and O–H groups in total. The van der Waals surface area contributed by atoms with Gasteiger partial charge in [0.1, 0.15) is 6.04 Å². The number of carbonyl (C=O) groups excluding carboxylic acids is 1. The van der Waals surface area contributed by atoms with E-state index in [4.69, 9.17) is 5.73 Å². The predicted molar refractivity (Wildman–Crippen MR) is 116 cm³/mol. The number of rotatable bonds is 6. The van der Waals surface area contributed by atoms with Gasteiger partial charge in [-0.15, -0.1) is 0 Å². The van der Waals surface area contributed by atoms with Crippen molar-refractivity contribution in [3.05, 3.63) is 89.0 Å². The largest absolute Gasteiger partial charge is 0.480 e. The summed E-state index contributed by atoms with van der Waals surface area (Å²) in [6, 6.07) is 14.6. The van der Waals surface area contributed by atoms with Gasteiger partial charge in [0, 0.05) is 30.9 Å². The van der Waals surface area contributed by atoms with E-state index in [9.17, 15) is 27.9 Å². The van der Waals surface area contributed by atoms with Crippen molar-refractivity contribution in [3.8, 4) is 11.1 Å². The summed E-state index contributed by atoms with van der Waals surface area (Å²) in [6.45, 7) is 0. The fourth-order valence-electron chi connectivity index (χ4n) is 3.36. The Hall–Kier alpha value is -3.65. The Bertz CT molecular complexity index is 1160. The maximum absolute atomic E-state index is 13.5. The molecule has 0 aromatic heterocycles. The van der Waals surface area contributed by atoms with E-state index >= 15 is 0 Å². The summed E-state index contributed by atoms with van der Waals surface area (Å²) in [6.07, 6.45) is -4.45. The molecule has 0 fully saturated rings. The molecule has 0 saturated heterocycles. The number of nitrogens with two attached hydrogens (primary N) is 1. The Balaban J connectivity index is 2.07. The van der Waals surface area contributed by atoms with Gasteiger partial charge in [-0.25, -0.2) is 0 Å². The molecule has 3 rings (SSSR count). The highest BCUT2D eigenvalue weighted by molar-refractivity contribution is 6.15. The van der Waals surface area contributed by atoms with Gasteiger partial charge in [-0.2, -0.15) is 13.2 Å². The number of alkyl halides is 3. The van der Waals surface area contributed by atoms with Crippen molar-refractivity contribution in [1.29, 1.82) is 0 Å². The van der Waals surface area contributed by atoms with Crippen LogP contribution in [0.5, 0.6) is 0 Å². The lowest BCUT2D eigenvalue weighted by Gasteiger charge is -2.20. The second kappa shape index (κ2) is 8.84. The molecule has 8 heteroatoms. The summed E-state index contributed by atoms with van der Waals surface area (Å²) in [4.78, 5) is 26.4. The van der Waals surface area contributed by atoms with E-state index < -0.39 is 23.8 Å². The second-order valence-electron chi connectivity index (χ2n) is 7.44. The number of carbonyl (C=O) groups is 2. The number of anilines is 1. The van der Waals surface area contributed by atoms with E-state index in [-0.39, 0.29) is 5.78 Å². The molecule has 3 aromatic rings. The van der Waals surface area contributed by atoms with Crippen LogP contribution in [0.3, 0.4) is 0 Å². The molecule has 1 unspecified atom stereocenters. The first-order valence-corrected chi connectivity index (χ1v) is 9.61. The number of aliphatic carboxylic acids is 1. The summed E-state index contributed by atoms with van der Waals surface area (Å²) in [5, 5.41) is 9.18. The Labute approximate surface area is 182 Å². The van der Waals surface area contributed by atoms with Crippen LogP contribution in [0, 0.1) is 0 Å². The first-order valence-electron chi connectivity index (χ1n) is 9.61. The number of carboxylic acid groups (broad SMARTS) is 1. The Morgan fingerprint density at radius 1 is 0.938 bits per heavy atom. The van der Waals surface area contributed by atoms with Crippen LogP contribution in [-0.2, 0) is 11.0 Å². The summed E-state index contributed by atoms with van der Waals surface area (Å²) in [5.41, 5.74) is 7.34. The van der Waals surface area contributed by atoms with Crippen molar-refractivity contribution in [2.45, 2.75) is 12.2 Å². The zero-order valence-corrected chi connectivity index (χ0v) is 17.4. The minimum absolute atomic E-state index is 0.311. The Morgan fingerprint density at radius 2 is 1.56 bits per heavy atom. The van der Waals surface area contributed by atoms with Crippen LogP contribution in [0.4, 0.5) is 18.9 Å². The van der Waals surface area contributed by atoms with Crippen molar-refractivity contribution in [2.24, 2.45) is 5.73 Å². The van der Waals surface area contributed by atoms with Crippen molar-refractivity contribution < 1.29 is 27.9 Å². The third kappa shape index (κ3) is 4.65. The van der Waals surface area contributed by atoms with Gasteiger partial charge in [0.15, 0.2) is 5.78 Å². The smallest absolute Gasteiger partial charge is 0.416 e. The van der Waals surface area contributed by atoms with Gasteiger partial charge in [0.05, 0.1) is 5.56 Å². The molecule has 0 saturated carbocycles. The van der Waals surface area contributed by atoms with Gasteiger partial charge < -0.3 is 15.7 Å². The highest BCUT2D eigenvalue weighted by Crippen LogP contribution is 2.33. The number of hydrogen-bond acceptors (Lipinski definition) is 4. The minimum Gasteiger partial charge on any atom is -0.480 e.